The molecular formula is C40H62N4O5. The van der Waals surface area contributed by atoms with E-state index in [-0.39, 0.29) is 31.0 Å². The Balaban J connectivity index is 0. The second-order valence-electron chi connectivity index (χ2n) is 11.2. The van der Waals surface area contributed by atoms with Crippen LogP contribution in [0.25, 0.3) is 0 Å². The van der Waals surface area contributed by atoms with Crippen LogP contribution < -0.4 is 15.4 Å². The fraction of sp³-hybridized carbons (Fsp3) is 0.475. The predicted octanol–water partition coefficient (Wildman–Crippen LogP) is 11.8. The Labute approximate surface area is 296 Å². The van der Waals surface area contributed by atoms with E-state index in [2.05, 4.69) is 20.9 Å². The zero-order chi connectivity index (χ0) is 38.0. The molecule has 0 aromatic heterocycles. The summed E-state index contributed by atoms with van der Waals surface area (Å²) in [5.74, 6) is 0.000631. The zero-order valence-corrected chi connectivity index (χ0v) is 32.5. The highest BCUT2D eigenvalue weighted by atomic mass is 16.6. The molecule has 0 aliphatic carbocycles. The highest BCUT2D eigenvalue weighted by Gasteiger charge is 2.26. The Kier molecular flexibility index (Phi) is 24.2. The Hall–Kier alpha value is -4.53. The van der Waals surface area contributed by atoms with Crippen LogP contribution in [0.1, 0.15) is 114 Å². The van der Waals surface area contributed by atoms with Crippen molar-refractivity contribution in [2.45, 2.75) is 103 Å². The molecule has 0 heterocycles. The van der Waals surface area contributed by atoms with Crippen LogP contribution in [0.15, 0.2) is 83.0 Å². The number of benzene rings is 3. The van der Waals surface area contributed by atoms with Gasteiger partial charge in [0.15, 0.2) is 0 Å². The summed E-state index contributed by atoms with van der Waals surface area (Å²) in [6, 6.07) is 20.8. The lowest BCUT2D eigenvalue weighted by molar-refractivity contribution is -0.154. The van der Waals surface area contributed by atoms with E-state index in [0.717, 1.165) is 0 Å². The molecule has 49 heavy (non-hydrogen) atoms. The standard InChI is InChI=1S/C32H38N4O5.4C2H6/c1-7-32(5,6)30(39)41-21-20-40-27-18-8-22(9-19-27)28(37)33-23-10-14-25(15-11-23)35-36-26-16-12-24(13-17-26)34-29(38)31(2,3)4;4*1-2/h8-19H,7,20-21H2,1-6H3,(H,33,37)(H,34,38);4*1-2H3. The maximum atomic E-state index is 12.7. The van der Waals surface area contributed by atoms with Crippen molar-refractivity contribution in [2.75, 3.05) is 23.8 Å². The van der Waals surface area contributed by atoms with Crippen molar-refractivity contribution in [3.8, 4) is 5.75 Å². The van der Waals surface area contributed by atoms with Crippen LogP contribution in [0.3, 0.4) is 0 Å². The van der Waals surface area contributed by atoms with Crippen LogP contribution in [0.4, 0.5) is 22.7 Å². The fourth-order valence-corrected chi connectivity index (χ4v) is 3.20. The van der Waals surface area contributed by atoms with E-state index in [0.29, 0.717) is 40.5 Å². The molecule has 9 nitrogen and oxygen atoms in total. The largest absolute Gasteiger partial charge is 0.490 e. The number of carbonyl (C=O) groups is 3. The molecule has 0 radical (unpaired) electrons. The molecule has 0 saturated heterocycles. The van der Waals surface area contributed by atoms with Gasteiger partial charge in [-0.05, 0) is 93.1 Å². The predicted molar refractivity (Wildman–Crippen MR) is 205 cm³/mol. The minimum Gasteiger partial charge on any atom is -0.490 e. The van der Waals surface area contributed by atoms with E-state index < -0.39 is 10.8 Å². The van der Waals surface area contributed by atoms with Crippen LogP contribution in [0.2, 0.25) is 0 Å². The van der Waals surface area contributed by atoms with Gasteiger partial charge in [-0.15, -0.1) is 0 Å². The molecule has 0 saturated carbocycles. The number of amides is 2. The van der Waals surface area contributed by atoms with E-state index >= 15 is 0 Å². The van der Waals surface area contributed by atoms with Crippen molar-refractivity contribution < 1.29 is 23.9 Å². The maximum absolute atomic E-state index is 12.7. The molecule has 3 aromatic carbocycles. The number of hydrogen-bond donors (Lipinski definition) is 2. The van der Waals surface area contributed by atoms with Gasteiger partial charge in [0.05, 0.1) is 16.8 Å². The molecule has 9 heteroatoms. The highest BCUT2D eigenvalue weighted by molar-refractivity contribution is 6.04. The molecule has 2 amide bonds. The number of ether oxygens (including phenoxy) is 2. The molecule has 0 aliphatic heterocycles. The Morgan fingerprint density at radius 3 is 1.45 bits per heavy atom. The van der Waals surface area contributed by atoms with Gasteiger partial charge in [0.2, 0.25) is 5.91 Å². The van der Waals surface area contributed by atoms with Gasteiger partial charge in [-0.25, -0.2) is 0 Å². The van der Waals surface area contributed by atoms with Crippen molar-refractivity contribution in [1.29, 1.82) is 0 Å². The van der Waals surface area contributed by atoms with Crippen LogP contribution in [0.5, 0.6) is 5.75 Å². The van der Waals surface area contributed by atoms with Crippen LogP contribution in [-0.4, -0.2) is 31.0 Å². The summed E-state index contributed by atoms with van der Waals surface area (Å²) in [5, 5.41) is 14.2. The lowest BCUT2D eigenvalue weighted by Gasteiger charge is -2.20. The molecule has 272 valence electrons. The first-order valence-corrected chi connectivity index (χ1v) is 17.5. The average molecular weight is 679 g/mol. The van der Waals surface area contributed by atoms with Gasteiger partial charge in [0, 0.05) is 22.4 Å². The van der Waals surface area contributed by atoms with Crippen LogP contribution in [-0.2, 0) is 14.3 Å². The molecule has 3 rings (SSSR count). The molecule has 3 aromatic rings. The minimum atomic E-state index is -0.513. The summed E-state index contributed by atoms with van der Waals surface area (Å²) in [6.07, 6.45) is 0.697. The Morgan fingerprint density at radius 2 is 1.04 bits per heavy atom. The molecular weight excluding hydrogens is 616 g/mol. The van der Waals surface area contributed by atoms with Gasteiger partial charge >= 0.3 is 5.97 Å². The quantitative estimate of drug-likeness (QED) is 0.119. The minimum absolute atomic E-state index is 0.0619. The summed E-state index contributed by atoms with van der Waals surface area (Å²) in [5.41, 5.74) is 2.06. The van der Waals surface area contributed by atoms with E-state index in [1.807, 2.05) is 96.9 Å². The van der Waals surface area contributed by atoms with E-state index in [1.165, 1.54) is 0 Å². The highest BCUT2D eigenvalue weighted by Crippen LogP contribution is 2.24. The normalized spacial score (nSPS) is 10.2. The average Bonchev–Trinajstić information content (AvgIpc) is 3.13. The van der Waals surface area contributed by atoms with Crippen molar-refractivity contribution in [3.05, 3.63) is 78.4 Å². The zero-order valence-electron chi connectivity index (χ0n) is 32.5. The molecule has 0 atom stereocenters. The first-order valence-electron chi connectivity index (χ1n) is 17.5. The summed E-state index contributed by atoms with van der Waals surface area (Å²) in [6.45, 7) is 27.6. The smallest absolute Gasteiger partial charge is 0.311 e. The first kappa shape index (κ1) is 46.6. The molecule has 0 fully saturated rings. The van der Waals surface area contributed by atoms with E-state index in [1.54, 1.807) is 72.8 Å². The lowest BCUT2D eigenvalue weighted by Crippen LogP contribution is -2.27. The number of azo groups is 1. The molecule has 0 bridgehead atoms. The molecule has 0 aliphatic rings. The fourth-order valence-electron chi connectivity index (χ4n) is 3.20. The SMILES string of the molecule is CC.CC.CC.CC.CCC(C)(C)C(=O)OCCOc1ccc(C(=O)Nc2ccc(N=Nc3ccc(NC(=O)C(C)(C)C)cc3)cc2)cc1. The van der Waals surface area contributed by atoms with Gasteiger partial charge in [-0.1, -0.05) is 83.1 Å². The topological polar surface area (TPSA) is 118 Å². The van der Waals surface area contributed by atoms with Crippen molar-refractivity contribution >= 4 is 40.5 Å². The van der Waals surface area contributed by atoms with Crippen molar-refractivity contribution in [2.24, 2.45) is 21.1 Å². The molecule has 2 N–H and O–H groups in total. The van der Waals surface area contributed by atoms with Crippen molar-refractivity contribution in [1.82, 2.24) is 0 Å². The summed E-state index contributed by atoms with van der Waals surface area (Å²) in [7, 11) is 0. The maximum Gasteiger partial charge on any atom is 0.311 e. The second kappa shape index (κ2) is 25.5. The van der Waals surface area contributed by atoms with E-state index in [4.69, 9.17) is 9.47 Å². The monoisotopic (exact) mass is 678 g/mol. The number of rotatable bonds is 11. The van der Waals surface area contributed by atoms with Gasteiger partial charge in [0.1, 0.15) is 19.0 Å². The van der Waals surface area contributed by atoms with Crippen LogP contribution in [0, 0.1) is 10.8 Å². The van der Waals surface area contributed by atoms with Crippen LogP contribution >= 0.6 is 0 Å². The first-order chi connectivity index (χ1) is 23.4. The van der Waals surface area contributed by atoms with E-state index in [9.17, 15) is 14.4 Å². The summed E-state index contributed by atoms with van der Waals surface area (Å²) >= 11 is 0. The molecule has 0 spiro atoms. The number of esters is 1. The van der Waals surface area contributed by atoms with Gasteiger partial charge in [0.25, 0.3) is 5.91 Å². The second-order valence-corrected chi connectivity index (χ2v) is 11.2. The summed E-state index contributed by atoms with van der Waals surface area (Å²) in [4.78, 5) is 36.8. The van der Waals surface area contributed by atoms with Gasteiger partial charge in [-0.3, -0.25) is 14.4 Å². The number of anilines is 2. The van der Waals surface area contributed by atoms with Crippen molar-refractivity contribution in [3.63, 3.8) is 0 Å². The Bertz CT molecular complexity index is 1360. The number of carbonyl (C=O) groups excluding carboxylic acids is 3. The lowest BCUT2D eigenvalue weighted by atomic mass is 9.91. The summed E-state index contributed by atoms with van der Waals surface area (Å²) < 4.78 is 10.9. The van der Waals surface area contributed by atoms with Gasteiger partial charge in [-0.2, -0.15) is 10.2 Å². The third-order valence-electron chi connectivity index (χ3n) is 6.35. The number of nitrogens with zero attached hydrogens (tertiary/aromatic N) is 2. The molecule has 0 unspecified atom stereocenters. The number of nitrogens with one attached hydrogen (secondary N) is 2. The Morgan fingerprint density at radius 1 is 0.612 bits per heavy atom. The van der Waals surface area contributed by atoms with Gasteiger partial charge < -0.3 is 20.1 Å². The number of hydrogen-bond acceptors (Lipinski definition) is 7. The third-order valence-corrected chi connectivity index (χ3v) is 6.35. The third kappa shape index (κ3) is 18.0.